The molecule has 0 saturated carbocycles. The van der Waals surface area contributed by atoms with E-state index < -0.39 is 0 Å². The van der Waals surface area contributed by atoms with Gasteiger partial charge in [0.15, 0.2) is 0 Å². The summed E-state index contributed by atoms with van der Waals surface area (Å²) in [5.74, 6) is 0. The molecule has 0 radical (unpaired) electrons. The molecule has 2 heteroatoms. The fourth-order valence-corrected chi connectivity index (χ4v) is 6.45. The summed E-state index contributed by atoms with van der Waals surface area (Å²) in [5.41, 5.74) is 2.07. The Balaban J connectivity index is 2.12. The van der Waals surface area contributed by atoms with E-state index in [1.165, 1.54) is 38.5 Å². The normalized spacial score (nSPS) is 47.0. The van der Waals surface area contributed by atoms with Crippen LogP contribution in [0.5, 0.6) is 0 Å². The number of hydrogen-bond donors (Lipinski definition) is 0. The van der Waals surface area contributed by atoms with Crippen LogP contribution < -0.4 is 0 Å². The third-order valence-electron chi connectivity index (χ3n) is 3.02. The Kier molecular flexibility index (Phi) is 2.15. The molecule has 0 aromatic rings. The largest absolute Gasteiger partial charge is 0.100 e. The van der Waals surface area contributed by atoms with Crippen molar-refractivity contribution in [3.8, 4) is 0 Å². The van der Waals surface area contributed by atoms with Crippen LogP contribution in [0.1, 0.15) is 38.5 Å². The molecule has 0 amide bonds. The molecule has 0 aromatic heterocycles. The first-order valence-electron chi connectivity index (χ1n) is 4.41. The van der Waals surface area contributed by atoms with E-state index in [1.54, 1.807) is 0 Å². The van der Waals surface area contributed by atoms with Gasteiger partial charge >= 0.3 is 0 Å². The minimum atomic E-state index is -0.290. The Bertz CT molecular complexity index is 131. The molecule has 2 aliphatic rings. The van der Waals surface area contributed by atoms with Gasteiger partial charge in [-0.1, -0.05) is 19.5 Å². The van der Waals surface area contributed by atoms with Crippen molar-refractivity contribution in [3.63, 3.8) is 0 Å². The van der Waals surface area contributed by atoms with E-state index in [1.807, 2.05) is 0 Å². The highest BCUT2D eigenvalue weighted by molar-refractivity contribution is 8.05. The highest BCUT2D eigenvalue weighted by Gasteiger charge is 2.29. The SMILES string of the molecule is S=[PH]1C2CCCC1CCC2. The van der Waals surface area contributed by atoms with Gasteiger partial charge in [-0.3, -0.25) is 0 Å². The molecular weight excluding hydrogens is 159 g/mol. The highest BCUT2D eigenvalue weighted by Crippen LogP contribution is 2.51. The standard InChI is InChI=1S/C8H15PS/c10-9-7-3-1-4-8(9)6-2-5-7/h7-9H,1-6H2. The van der Waals surface area contributed by atoms with Gasteiger partial charge < -0.3 is 0 Å². The van der Waals surface area contributed by atoms with Crippen molar-refractivity contribution in [2.24, 2.45) is 0 Å². The van der Waals surface area contributed by atoms with Crippen molar-refractivity contribution >= 4 is 18.5 Å². The fourth-order valence-electron chi connectivity index (χ4n) is 2.41. The summed E-state index contributed by atoms with van der Waals surface area (Å²) in [5, 5.41) is 0. The molecule has 0 N–H and O–H groups in total. The van der Waals surface area contributed by atoms with Crippen LogP contribution in [0.25, 0.3) is 0 Å². The quantitative estimate of drug-likeness (QED) is 0.509. The summed E-state index contributed by atoms with van der Waals surface area (Å²) in [7, 11) is 0. The minimum Gasteiger partial charge on any atom is -0.100 e. The van der Waals surface area contributed by atoms with E-state index in [2.05, 4.69) is 0 Å². The van der Waals surface area contributed by atoms with Crippen molar-refractivity contribution in [2.45, 2.75) is 49.8 Å². The van der Waals surface area contributed by atoms with Crippen LogP contribution in [0.2, 0.25) is 0 Å². The molecule has 0 unspecified atom stereocenters. The van der Waals surface area contributed by atoms with E-state index in [-0.39, 0.29) is 6.70 Å². The lowest BCUT2D eigenvalue weighted by atomic mass is 9.99. The molecule has 2 heterocycles. The number of rotatable bonds is 0. The van der Waals surface area contributed by atoms with E-state index in [9.17, 15) is 0 Å². The van der Waals surface area contributed by atoms with Gasteiger partial charge in [0.1, 0.15) is 0 Å². The summed E-state index contributed by atoms with van der Waals surface area (Å²) < 4.78 is 0. The zero-order valence-electron chi connectivity index (χ0n) is 6.31. The average Bonchev–Trinajstić information content (AvgIpc) is 1.86. The monoisotopic (exact) mass is 174 g/mol. The van der Waals surface area contributed by atoms with Gasteiger partial charge in [0.05, 0.1) is 0 Å². The molecular formula is C8H15PS. The van der Waals surface area contributed by atoms with Crippen LogP contribution in [-0.2, 0) is 11.8 Å². The van der Waals surface area contributed by atoms with Gasteiger partial charge in [0.25, 0.3) is 0 Å². The van der Waals surface area contributed by atoms with Gasteiger partial charge in [0, 0.05) is 0 Å². The van der Waals surface area contributed by atoms with Gasteiger partial charge in [-0.05, 0) is 37.0 Å². The van der Waals surface area contributed by atoms with Crippen LogP contribution in [0.15, 0.2) is 0 Å². The lowest BCUT2D eigenvalue weighted by Gasteiger charge is -2.36. The zero-order valence-corrected chi connectivity index (χ0v) is 8.12. The smallest absolute Gasteiger partial charge is 0.0141 e. The van der Waals surface area contributed by atoms with Gasteiger partial charge in [-0.15, -0.1) is 11.8 Å². The van der Waals surface area contributed by atoms with Crippen LogP contribution in [0.3, 0.4) is 0 Å². The summed E-state index contributed by atoms with van der Waals surface area (Å²) >= 11 is 5.59. The van der Waals surface area contributed by atoms with Crippen molar-refractivity contribution in [2.75, 3.05) is 0 Å². The third kappa shape index (κ3) is 1.19. The lowest BCUT2D eigenvalue weighted by molar-refractivity contribution is 0.482. The molecule has 2 aliphatic heterocycles. The van der Waals surface area contributed by atoms with Crippen LogP contribution in [0.4, 0.5) is 0 Å². The highest BCUT2D eigenvalue weighted by atomic mass is 32.4. The Morgan fingerprint density at radius 2 is 1.30 bits per heavy atom. The fraction of sp³-hybridized carbons (Fsp3) is 1.00. The predicted molar refractivity (Wildman–Crippen MR) is 51.0 cm³/mol. The maximum atomic E-state index is 5.59. The van der Waals surface area contributed by atoms with Gasteiger partial charge in [-0.25, -0.2) is 0 Å². The minimum absolute atomic E-state index is 0.290. The van der Waals surface area contributed by atoms with E-state index in [4.69, 9.17) is 11.8 Å². The summed E-state index contributed by atoms with van der Waals surface area (Å²) in [6, 6.07) is 0. The molecule has 2 saturated heterocycles. The third-order valence-corrected chi connectivity index (χ3v) is 7.78. The van der Waals surface area contributed by atoms with Crippen molar-refractivity contribution < 1.29 is 0 Å². The molecule has 0 atom stereocenters. The summed E-state index contributed by atoms with van der Waals surface area (Å²) in [6.45, 7) is -0.290. The van der Waals surface area contributed by atoms with Crippen molar-refractivity contribution in [1.29, 1.82) is 0 Å². The second-order valence-corrected chi connectivity index (χ2v) is 7.51. The van der Waals surface area contributed by atoms with Gasteiger partial charge in [-0.2, -0.15) is 0 Å². The number of fused-ring (bicyclic) bond motifs is 2. The first-order chi connectivity index (χ1) is 4.88. The topological polar surface area (TPSA) is 0 Å². The molecule has 2 rings (SSSR count). The first-order valence-corrected chi connectivity index (χ1v) is 7.20. The Labute approximate surface area is 68.8 Å². The van der Waals surface area contributed by atoms with Gasteiger partial charge in [0.2, 0.25) is 0 Å². The molecule has 0 nitrogen and oxygen atoms in total. The first kappa shape index (κ1) is 7.31. The zero-order chi connectivity index (χ0) is 6.97. The second kappa shape index (κ2) is 2.95. The summed E-state index contributed by atoms with van der Waals surface area (Å²) in [4.78, 5) is 0. The van der Waals surface area contributed by atoms with Crippen LogP contribution >= 0.6 is 6.70 Å². The van der Waals surface area contributed by atoms with Crippen LogP contribution in [0, 0.1) is 0 Å². The number of hydrogen-bond acceptors (Lipinski definition) is 1. The molecule has 0 aliphatic carbocycles. The molecule has 0 aromatic carbocycles. The molecule has 2 fully saturated rings. The van der Waals surface area contributed by atoms with Crippen molar-refractivity contribution in [3.05, 3.63) is 0 Å². The molecule has 0 spiro atoms. The van der Waals surface area contributed by atoms with E-state index >= 15 is 0 Å². The van der Waals surface area contributed by atoms with E-state index in [0.29, 0.717) is 0 Å². The second-order valence-electron chi connectivity index (χ2n) is 3.66. The molecule has 2 bridgehead atoms. The van der Waals surface area contributed by atoms with Crippen molar-refractivity contribution in [1.82, 2.24) is 0 Å². The predicted octanol–water partition coefficient (Wildman–Crippen LogP) is 2.77. The Hall–Kier alpha value is 0.650. The average molecular weight is 174 g/mol. The lowest BCUT2D eigenvalue weighted by Crippen LogP contribution is -2.22. The maximum absolute atomic E-state index is 5.59. The Morgan fingerprint density at radius 3 is 1.60 bits per heavy atom. The molecule has 58 valence electrons. The molecule has 10 heavy (non-hydrogen) atoms. The summed E-state index contributed by atoms with van der Waals surface area (Å²) in [6.07, 6.45) is 8.89. The van der Waals surface area contributed by atoms with E-state index in [0.717, 1.165) is 11.3 Å². The maximum Gasteiger partial charge on any atom is -0.0141 e. The Morgan fingerprint density at radius 1 is 0.900 bits per heavy atom. The van der Waals surface area contributed by atoms with Crippen LogP contribution in [-0.4, -0.2) is 11.3 Å².